The zero-order valence-corrected chi connectivity index (χ0v) is 22.0. The molecule has 0 aliphatic carbocycles. The van der Waals surface area contributed by atoms with Crippen molar-refractivity contribution in [1.82, 2.24) is 14.9 Å². The molecular formula is C28H34N6O4. The Hall–Kier alpha value is -4.02. The van der Waals surface area contributed by atoms with Crippen molar-refractivity contribution < 1.29 is 19.0 Å². The van der Waals surface area contributed by atoms with Crippen LogP contribution in [0.25, 0.3) is 11.3 Å². The van der Waals surface area contributed by atoms with E-state index in [1.807, 2.05) is 26.0 Å². The van der Waals surface area contributed by atoms with E-state index in [0.717, 1.165) is 44.1 Å². The quantitative estimate of drug-likeness (QED) is 0.345. The highest BCUT2D eigenvalue weighted by molar-refractivity contribution is 6.05. The molecule has 200 valence electrons. The van der Waals surface area contributed by atoms with Gasteiger partial charge in [0.2, 0.25) is 0 Å². The Bertz CT molecular complexity index is 1310. The fraction of sp³-hybridized carbons (Fsp3) is 0.357. The summed E-state index contributed by atoms with van der Waals surface area (Å²) in [5.41, 5.74) is 10.2. The summed E-state index contributed by atoms with van der Waals surface area (Å²) in [6.45, 7) is 8.27. The molecule has 3 heterocycles. The average Bonchev–Trinajstić information content (AvgIpc) is 2.94. The smallest absolute Gasteiger partial charge is 0.255 e. The minimum atomic E-state index is -0.322. The van der Waals surface area contributed by atoms with E-state index < -0.39 is 0 Å². The van der Waals surface area contributed by atoms with Crippen LogP contribution in [0.15, 0.2) is 42.6 Å². The lowest BCUT2D eigenvalue weighted by Crippen LogP contribution is -2.38. The van der Waals surface area contributed by atoms with E-state index in [0.29, 0.717) is 58.6 Å². The molecule has 38 heavy (non-hydrogen) atoms. The molecule has 1 saturated heterocycles. The predicted octanol–water partition coefficient (Wildman–Crippen LogP) is 3.78. The van der Waals surface area contributed by atoms with Gasteiger partial charge in [0.15, 0.2) is 0 Å². The molecule has 3 aromatic rings. The number of nitrogen functional groups attached to an aromatic ring is 1. The molecule has 1 aliphatic rings. The number of morpholine rings is 1. The highest BCUT2D eigenvalue weighted by atomic mass is 16.5. The summed E-state index contributed by atoms with van der Waals surface area (Å²) < 4.78 is 16.7. The van der Waals surface area contributed by atoms with Crippen molar-refractivity contribution in [3.8, 4) is 22.8 Å². The van der Waals surface area contributed by atoms with Crippen LogP contribution in [0.3, 0.4) is 0 Å². The number of pyridine rings is 2. The number of aryl methyl sites for hydroxylation is 1. The number of nitrogens with two attached hydrogens (primary N) is 1. The second-order valence-electron chi connectivity index (χ2n) is 8.97. The third-order valence-electron chi connectivity index (χ3n) is 6.38. The maximum atomic E-state index is 13.2. The molecule has 0 spiro atoms. The van der Waals surface area contributed by atoms with E-state index in [9.17, 15) is 4.79 Å². The van der Waals surface area contributed by atoms with Gasteiger partial charge in [0, 0.05) is 53.8 Å². The van der Waals surface area contributed by atoms with Gasteiger partial charge in [-0.15, -0.1) is 0 Å². The Morgan fingerprint density at radius 1 is 1.18 bits per heavy atom. The molecule has 0 atom stereocenters. The highest BCUT2D eigenvalue weighted by Gasteiger charge is 2.15. The third kappa shape index (κ3) is 6.64. The number of ether oxygens (including phenoxy) is 3. The first-order valence-corrected chi connectivity index (χ1v) is 12.6. The maximum absolute atomic E-state index is 13.2. The number of amides is 1. The van der Waals surface area contributed by atoms with Crippen LogP contribution in [-0.2, 0) is 4.74 Å². The van der Waals surface area contributed by atoms with Crippen molar-refractivity contribution in [1.29, 1.82) is 5.41 Å². The SMILES string of the molecule is CCC(=N)c1ccc(-c2cc(NC(=O)c3cc(OC)cc(OCCN4CCOCC4)c3)cnc2C)nc1N. The van der Waals surface area contributed by atoms with Crippen LogP contribution in [0.1, 0.15) is 35.0 Å². The van der Waals surface area contributed by atoms with Crippen LogP contribution in [-0.4, -0.2) is 73.1 Å². The van der Waals surface area contributed by atoms with Crippen molar-refractivity contribution in [3.05, 3.63) is 59.4 Å². The summed E-state index contributed by atoms with van der Waals surface area (Å²) in [5, 5.41) is 11.0. The number of anilines is 2. The monoisotopic (exact) mass is 518 g/mol. The molecule has 10 nitrogen and oxygen atoms in total. The molecule has 1 fully saturated rings. The van der Waals surface area contributed by atoms with Crippen LogP contribution < -0.4 is 20.5 Å². The summed E-state index contributed by atoms with van der Waals surface area (Å²) in [4.78, 5) is 24.4. The molecular weight excluding hydrogens is 484 g/mol. The van der Waals surface area contributed by atoms with E-state index in [1.54, 1.807) is 37.6 Å². The Morgan fingerprint density at radius 2 is 1.95 bits per heavy atom. The molecule has 0 radical (unpaired) electrons. The highest BCUT2D eigenvalue weighted by Crippen LogP contribution is 2.27. The zero-order chi connectivity index (χ0) is 27.1. The summed E-state index contributed by atoms with van der Waals surface area (Å²) >= 11 is 0. The minimum absolute atomic E-state index is 0.292. The number of hydrogen-bond donors (Lipinski definition) is 3. The van der Waals surface area contributed by atoms with Crippen molar-refractivity contribution in [3.63, 3.8) is 0 Å². The molecule has 2 aromatic heterocycles. The Morgan fingerprint density at radius 3 is 2.66 bits per heavy atom. The van der Waals surface area contributed by atoms with E-state index in [-0.39, 0.29) is 5.91 Å². The van der Waals surface area contributed by atoms with Crippen LogP contribution in [0.5, 0.6) is 11.5 Å². The van der Waals surface area contributed by atoms with Crippen molar-refractivity contribution >= 4 is 23.1 Å². The minimum Gasteiger partial charge on any atom is -0.497 e. The van der Waals surface area contributed by atoms with Gasteiger partial charge in [-0.1, -0.05) is 6.92 Å². The number of carbonyl (C=O) groups is 1. The Labute approximate surface area is 222 Å². The van der Waals surface area contributed by atoms with Gasteiger partial charge in [0.1, 0.15) is 23.9 Å². The van der Waals surface area contributed by atoms with E-state index in [1.165, 1.54) is 0 Å². The first-order valence-electron chi connectivity index (χ1n) is 12.6. The van der Waals surface area contributed by atoms with Gasteiger partial charge in [-0.2, -0.15) is 0 Å². The average molecular weight is 519 g/mol. The molecule has 1 aliphatic heterocycles. The fourth-order valence-electron chi connectivity index (χ4n) is 4.16. The number of aromatic nitrogens is 2. The lowest BCUT2D eigenvalue weighted by molar-refractivity contribution is 0.0322. The van der Waals surface area contributed by atoms with Crippen LogP contribution in [0.2, 0.25) is 0 Å². The molecule has 1 amide bonds. The summed E-state index contributed by atoms with van der Waals surface area (Å²) in [5.74, 6) is 1.06. The second-order valence-corrected chi connectivity index (χ2v) is 8.97. The standard InChI is InChI=1S/C28H34N6O4/c1-4-25(29)23-5-6-26(33-27(23)30)24-15-20(17-31-18(24)2)32-28(35)19-13-21(36-3)16-22(14-19)38-12-9-34-7-10-37-11-8-34/h5-6,13-17,29H,4,7-12H2,1-3H3,(H2,30,33)(H,32,35). The van der Waals surface area contributed by atoms with Crippen molar-refractivity contribution in [2.24, 2.45) is 0 Å². The van der Waals surface area contributed by atoms with Gasteiger partial charge in [0.25, 0.3) is 5.91 Å². The number of nitrogens with zero attached hydrogens (tertiary/aromatic N) is 3. The fourth-order valence-corrected chi connectivity index (χ4v) is 4.16. The zero-order valence-electron chi connectivity index (χ0n) is 22.0. The predicted molar refractivity (Wildman–Crippen MR) is 147 cm³/mol. The second kappa shape index (κ2) is 12.5. The van der Waals surface area contributed by atoms with Gasteiger partial charge in [0.05, 0.1) is 37.9 Å². The number of carbonyl (C=O) groups excluding carboxylic acids is 1. The first-order chi connectivity index (χ1) is 18.4. The summed E-state index contributed by atoms with van der Waals surface area (Å²) in [6.07, 6.45) is 2.17. The number of hydrogen-bond acceptors (Lipinski definition) is 9. The Balaban J connectivity index is 1.49. The Kier molecular flexibility index (Phi) is 8.88. The molecule has 0 saturated carbocycles. The van der Waals surface area contributed by atoms with Gasteiger partial charge < -0.3 is 30.7 Å². The molecule has 0 bridgehead atoms. The number of methoxy groups -OCH3 is 1. The molecule has 10 heteroatoms. The van der Waals surface area contributed by atoms with Gasteiger partial charge in [-0.25, -0.2) is 4.98 Å². The largest absolute Gasteiger partial charge is 0.497 e. The van der Waals surface area contributed by atoms with Gasteiger partial charge in [-0.3, -0.25) is 14.7 Å². The first kappa shape index (κ1) is 27.0. The van der Waals surface area contributed by atoms with Crippen molar-refractivity contribution in [2.45, 2.75) is 20.3 Å². The lowest BCUT2D eigenvalue weighted by Gasteiger charge is -2.26. The number of benzene rings is 1. The normalized spacial score (nSPS) is 13.7. The van der Waals surface area contributed by atoms with Crippen LogP contribution in [0.4, 0.5) is 11.5 Å². The summed E-state index contributed by atoms with van der Waals surface area (Å²) in [6, 6.07) is 10.5. The summed E-state index contributed by atoms with van der Waals surface area (Å²) in [7, 11) is 1.55. The van der Waals surface area contributed by atoms with Crippen molar-refractivity contribution in [2.75, 3.05) is 57.6 Å². The molecule has 4 rings (SSSR count). The third-order valence-corrected chi connectivity index (χ3v) is 6.38. The van der Waals surface area contributed by atoms with E-state index in [2.05, 4.69) is 20.2 Å². The topological polar surface area (TPSA) is 136 Å². The lowest BCUT2D eigenvalue weighted by atomic mass is 10.1. The van der Waals surface area contributed by atoms with Gasteiger partial charge >= 0.3 is 0 Å². The molecule has 0 unspecified atom stereocenters. The van der Waals surface area contributed by atoms with E-state index in [4.69, 9.17) is 25.4 Å². The number of nitrogens with one attached hydrogen (secondary N) is 2. The molecule has 4 N–H and O–H groups in total. The number of rotatable bonds is 10. The van der Waals surface area contributed by atoms with Crippen LogP contribution in [0, 0.1) is 12.3 Å². The maximum Gasteiger partial charge on any atom is 0.255 e. The van der Waals surface area contributed by atoms with Gasteiger partial charge in [-0.05, 0) is 43.7 Å². The van der Waals surface area contributed by atoms with E-state index >= 15 is 0 Å². The van der Waals surface area contributed by atoms with Crippen LogP contribution >= 0.6 is 0 Å². The molecule has 1 aromatic carbocycles.